The fourth-order valence-corrected chi connectivity index (χ4v) is 2.34. The molecule has 2 rings (SSSR count). The highest BCUT2D eigenvalue weighted by Crippen LogP contribution is 2.13. The summed E-state index contributed by atoms with van der Waals surface area (Å²) < 4.78 is 5.03. The molecule has 1 atom stereocenters. The van der Waals surface area contributed by atoms with E-state index in [0.717, 1.165) is 12.8 Å². The lowest BCUT2D eigenvalue weighted by Crippen LogP contribution is -2.38. The lowest BCUT2D eigenvalue weighted by molar-refractivity contribution is 0.517. The predicted molar refractivity (Wildman–Crippen MR) is 61.5 cm³/mol. The van der Waals surface area contributed by atoms with Gasteiger partial charge < -0.3 is 4.42 Å². The SMILES string of the molecule is NNC(Cc1ccoc1)Cc1cccs1. The van der Waals surface area contributed by atoms with E-state index < -0.39 is 0 Å². The van der Waals surface area contributed by atoms with Gasteiger partial charge in [0.25, 0.3) is 0 Å². The second kappa shape index (κ2) is 5.11. The Bertz CT molecular complexity index is 333. The van der Waals surface area contributed by atoms with E-state index in [1.807, 2.05) is 6.07 Å². The molecule has 1 unspecified atom stereocenters. The van der Waals surface area contributed by atoms with Crippen molar-refractivity contribution >= 4 is 11.3 Å². The lowest BCUT2D eigenvalue weighted by Gasteiger charge is -2.13. The Morgan fingerprint density at radius 3 is 2.93 bits per heavy atom. The highest BCUT2D eigenvalue weighted by atomic mass is 32.1. The molecule has 2 aromatic heterocycles. The number of thiophene rings is 1. The van der Waals surface area contributed by atoms with Gasteiger partial charge in [-0.25, -0.2) is 0 Å². The molecule has 3 N–H and O–H groups in total. The van der Waals surface area contributed by atoms with E-state index in [-0.39, 0.29) is 6.04 Å². The van der Waals surface area contributed by atoms with Gasteiger partial charge in [-0.2, -0.15) is 0 Å². The Balaban J connectivity index is 1.93. The average Bonchev–Trinajstić information content (AvgIpc) is 2.89. The van der Waals surface area contributed by atoms with Gasteiger partial charge in [-0.05, 0) is 35.9 Å². The largest absolute Gasteiger partial charge is 0.472 e. The minimum Gasteiger partial charge on any atom is -0.472 e. The van der Waals surface area contributed by atoms with Crippen LogP contribution in [0.3, 0.4) is 0 Å². The third-order valence-electron chi connectivity index (χ3n) is 2.33. The maximum Gasteiger partial charge on any atom is 0.0935 e. The van der Waals surface area contributed by atoms with Crippen molar-refractivity contribution in [1.82, 2.24) is 5.43 Å². The second-order valence-corrected chi connectivity index (χ2v) is 4.52. The maximum atomic E-state index is 5.53. The molecule has 2 heterocycles. The Labute approximate surface area is 92.9 Å². The van der Waals surface area contributed by atoms with Crippen molar-refractivity contribution in [1.29, 1.82) is 0 Å². The molecule has 0 radical (unpaired) electrons. The number of hydrogen-bond donors (Lipinski definition) is 2. The molecule has 0 bridgehead atoms. The van der Waals surface area contributed by atoms with Crippen molar-refractivity contribution in [2.24, 2.45) is 5.84 Å². The summed E-state index contributed by atoms with van der Waals surface area (Å²) in [6.07, 6.45) is 5.30. The topological polar surface area (TPSA) is 51.2 Å². The predicted octanol–water partition coefficient (Wildman–Crippen LogP) is 1.96. The summed E-state index contributed by atoms with van der Waals surface area (Å²) in [5, 5.41) is 2.08. The lowest BCUT2D eigenvalue weighted by atomic mass is 10.1. The van der Waals surface area contributed by atoms with Gasteiger partial charge >= 0.3 is 0 Å². The number of hydrogen-bond acceptors (Lipinski definition) is 4. The van der Waals surface area contributed by atoms with Crippen molar-refractivity contribution in [3.8, 4) is 0 Å². The van der Waals surface area contributed by atoms with Gasteiger partial charge in [-0.15, -0.1) is 11.3 Å². The Morgan fingerprint density at radius 1 is 1.40 bits per heavy atom. The number of nitrogens with two attached hydrogens (primary N) is 1. The smallest absolute Gasteiger partial charge is 0.0935 e. The minimum atomic E-state index is 0.265. The molecule has 0 saturated heterocycles. The molecule has 3 nitrogen and oxygen atoms in total. The van der Waals surface area contributed by atoms with Crippen LogP contribution in [-0.4, -0.2) is 6.04 Å². The molecule has 0 spiro atoms. The van der Waals surface area contributed by atoms with Crippen LogP contribution in [0, 0.1) is 0 Å². The van der Waals surface area contributed by atoms with Crippen molar-refractivity contribution in [3.63, 3.8) is 0 Å². The van der Waals surface area contributed by atoms with Gasteiger partial charge in [-0.3, -0.25) is 11.3 Å². The molecular formula is C11H14N2OS. The quantitative estimate of drug-likeness (QED) is 0.600. The first-order valence-electron chi connectivity index (χ1n) is 4.88. The highest BCUT2D eigenvalue weighted by Gasteiger charge is 2.09. The van der Waals surface area contributed by atoms with Crippen LogP contribution in [0.1, 0.15) is 10.4 Å². The minimum absolute atomic E-state index is 0.265. The maximum absolute atomic E-state index is 5.53. The molecule has 0 aliphatic carbocycles. The van der Waals surface area contributed by atoms with Crippen LogP contribution in [0.25, 0.3) is 0 Å². The van der Waals surface area contributed by atoms with Crippen molar-refractivity contribution in [3.05, 3.63) is 46.5 Å². The van der Waals surface area contributed by atoms with E-state index in [2.05, 4.69) is 22.9 Å². The summed E-state index contributed by atoms with van der Waals surface area (Å²) in [4.78, 5) is 1.35. The van der Waals surface area contributed by atoms with Gasteiger partial charge in [0.1, 0.15) is 0 Å². The zero-order chi connectivity index (χ0) is 10.5. The summed E-state index contributed by atoms with van der Waals surface area (Å²) in [7, 11) is 0. The normalized spacial score (nSPS) is 12.9. The van der Waals surface area contributed by atoms with Gasteiger partial charge in [0.15, 0.2) is 0 Å². The summed E-state index contributed by atoms with van der Waals surface area (Å²) in [5.74, 6) is 5.53. The van der Waals surface area contributed by atoms with Gasteiger partial charge in [0, 0.05) is 10.9 Å². The van der Waals surface area contributed by atoms with Crippen LogP contribution in [0.2, 0.25) is 0 Å². The molecule has 0 saturated carbocycles. The fourth-order valence-electron chi connectivity index (χ4n) is 1.55. The van der Waals surface area contributed by atoms with Crippen LogP contribution < -0.4 is 11.3 Å². The molecule has 0 fully saturated rings. The van der Waals surface area contributed by atoms with Crippen LogP contribution in [-0.2, 0) is 12.8 Å². The van der Waals surface area contributed by atoms with Gasteiger partial charge in [0.05, 0.1) is 12.5 Å². The third-order valence-corrected chi connectivity index (χ3v) is 3.22. The number of rotatable bonds is 5. The number of nitrogens with one attached hydrogen (secondary N) is 1. The van der Waals surface area contributed by atoms with Gasteiger partial charge in [-0.1, -0.05) is 6.07 Å². The number of hydrazine groups is 1. The van der Waals surface area contributed by atoms with Crippen molar-refractivity contribution < 1.29 is 4.42 Å². The van der Waals surface area contributed by atoms with Crippen LogP contribution in [0.15, 0.2) is 40.5 Å². The van der Waals surface area contributed by atoms with E-state index in [1.165, 1.54) is 10.4 Å². The monoisotopic (exact) mass is 222 g/mol. The molecule has 80 valence electrons. The van der Waals surface area contributed by atoms with Crippen LogP contribution in [0.4, 0.5) is 0 Å². The molecule has 4 heteroatoms. The molecule has 0 aliphatic rings. The van der Waals surface area contributed by atoms with Crippen molar-refractivity contribution in [2.75, 3.05) is 0 Å². The zero-order valence-electron chi connectivity index (χ0n) is 8.35. The van der Waals surface area contributed by atoms with E-state index in [9.17, 15) is 0 Å². The van der Waals surface area contributed by atoms with E-state index >= 15 is 0 Å². The first kappa shape index (κ1) is 10.4. The average molecular weight is 222 g/mol. The summed E-state index contributed by atoms with van der Waals surface area (Å²) >= 11 is 1.76. The Hall–Kier alpha value is -1.10. The first-order valence-corrected chi connectivity index (χ1v) is 5.76. The Morgan fingerprint density at radius 2 is 2.33 bits per heavy atom. The molecule has 2 aromatic rings. The van der Waals surface area contributed by atoms with Crippen LogP contribution >= 0.6 is 11.3 Å². The third kappa shape index (κ3) is 2.92. The van der Waals surface area contributed by atoms with Crippen molar-refractivity contribution in [2.45, 2.75) is 18.9 Å². The molecule has 0 amide bonds. The van der Waals surface area contributed by atoms with Gasteiger partial charge in [0.2, 0.25) is 0 Å². The standard InChI is InChI=1S/C11H14N2OS/c12-13-10(6-9-3-4-14-8-9)7-11-2-1-5-15-11/h1-5,8,10,13H,6-7,12H2. The summed E-state index contributed by atoms with van der Waals surface area (Å²) in [5.41, 5.74) is 4.02. The molecule has 15 heavy (non-hydrogen) atoms. The van der Waals surface area contributed by atoms with E-state index in [0.29, 0.717) is 0 Å². The van der Waals surface area contributed by atoms with Crippen LogP contribution in [0.5, 0.6) is 0 Å². The van der Waals surface area contributed by atoms with E-state index in [1.54, 1.807) is 23.9 Å². The molecule has 0 aliphatic heterocycles. The Kier molecular flexibility index (Phi) is 3.55. The first-order chi connectivity index (χ1) is 7.38. The van der Waals surface area contributed by atoms with E-state index in [4.69, 9.17) is 10.3 Å². The molecular weight excluding hydrogens is 208 g/mol. The summed E-state index contributed by atoms with van der Waals surface area (Å²) in [6, 6.07) is 6.43. The zero-order valence-corrected chi connectivity index (χ0v) is 9.17. The number of furan rings is 1. The fraction of sp³-hybridized carbons (Fsp3) is 0.273. The second-order valence-electron chi connectivity index (χ2n) is 3.48. The summed E-state index contributed by atoms with van der Waals surface area (Å²) in [6.45, 7) is 0. The highest BCUT2D eigenvalue weighted by molar-refractivity contribution is 7.09. The molecule has 0 aromatic carbocycles.